The molecule has 2 amide bonds. The molecule has 2 aliphatic heterocycles. The van der Waals surface area contributed by atoms with E-state index in [2.05, 4.69) is 0 Å². The van der Waals surface area contributed by atoms with E-state index in [1.165, 1.54) is 9.80 Å². The fraction of sp³-hybridized carbons (Fsp3) is 0.857. The minimum absolute atomic E-state index is 0.0533. The summed E-state index contributed by atoms with van der Waals surface area (Å²) in [6, 6.07) is 0. The number of amides is 2. The fourth-order valence-electron chi connectivity index (χ4n) is 2.86. The van der Waals surface area contributed by atoms with Crippen LogP contribution in [0.3, 0.4) is 0 Å². The molecule has 2 aliphatic rings. The monoisotopic (exact) mass is 332 g/mol. The second-order valence-corrected chi connectivity index (χ2v) is 9.41. The molecule has 126 valence electrons. The quantitative estimate of drug-likeness (QED) is 0.728. The summed E-state index contributed by atoms with van der Waals surface area (Å²) in [6.07, 6.45) is 0.912. The summed E-state index contributed by atoms with van der Waals surface area (Å²) in [6.45, 7) is 3.89. The van der Waals surface area contributed by atoms with Crippen LogP contribution in [0.4, 0.5) is 0 Å². The summed E-state index contributed by atoms with van der Waals surface area (Å²) >= 11 is 0. The minimum Gasteiger partial charge on any atom is -0.383 e. The van der Waals surface area contributed by atoms with E-state index in [0.29, 0.717) is 13.0 Å². The summed E-state index contributed by atoms with van der Waals surface area (Å²) in [5, 5.41) is 9.71. The number of sulfone groups is 1. The van der Waals surface area contributed by atoms with Crippen LogP contribution in [-0.4, -0.2) is 77.9 Å². The molecule has 7 nitrogen and oxygen atoms in total. The number of hydrogen-bond acceptors (Lipinski definition) is 5. The van der Waals surface area contributed by atoms with Gasteiger partial charge in [-0.3, -0.25) is 9.59 Å². The van der Waals surface area contributed by atoms with Crippen molar-refractivity contribution in [2.75, 3.05) is 31.9 Å². The maximum atomic E-state index is 12.4. The van der Waals surface area contributed by atoms with Gasteiger partial charge in [0.1, 0.15) is 6.10 Å². The van der Waals surface area contributed by atoms with Crippen molar-refractivity contribution in [2.45, 2.75) is 44.0 Å². The molecule has 2 fully saturated rings. The van der Waals surface area contributed by atoms with Crippen molar-refractivity contribution in [2.24, 2.45) is 0 Å². The van der Waals surface area contributed by atoms with Crippen LogP contribution in [-0.2, 0) is 19.4 Å². The van der Waals surface area contributed by atoms with Gasteiger partial charge < -0.3 is 14.9 Å². The predicted molar refractivity (Wildman–Crippen MR) is 80.9 cm³/mol. The van der Waals surface area contributed by atoms with Crippen LogP contribution in [0, 0.1) is 0 Å². The third kappa shape index (κ3) is 3.43. The zero-order valence-electron chi connectivity index (χ0n) is 13.1. The molecular formula is C14H24N2O5S. The minimum atomic E-state index is -3.20. The summed E-state index contributed by atoms with van der Waals surface area (Å²) in [4.78, 5) is 27.3. The molecule has 1 N–H and O–H groups in total. The first-order chi connectivity index (χ1) is 10.1. The highest BCUT2D eigenvalue weighted by molar-refractivity contribution is 7.92. The average Bonchev–Trinajstić information content (AvgIpc) is 2.57. The van der Waals surface area contributed by atoms with E-state index in [0.717, 1.165) is 12.8 Å². The Morgan fingerprint density at radius 3 is 2.64 bits per heavy atom. The van der Waals surface area contributed by atoms with Crippen molar-refractivity contribution in [3.05, 3.63) is 0 Å². The second kappa shape index (κ2) is 6.16. The SMILES string of the molecule is CC1(C)CN(C(=O)CN2CCCCC(O)C2=O)CCS1(=O)=O. The van der Waals surface area contributed by atoms with Crippen LogP contribution >= 0.6 is 0 Å². The zero-order valence-corrected chi connectivity index (χ0v) is 13.9. The molecule has 2 rings (SSSR count). The molecule has 22 heavy (non-hydrogen) atoms. The van der Waals surface area contributed by atoms with E-state index in [1.807, 2.05) is 0 Å². The van der Waals surface area contributed by atoms with Crippen molar-refractivity contribution in [3.8, 4) is 0 Å². The number of rotatable bonds is 2. The van der Waals surface area contributed by atoms with Gasteiger partial charge in [0.05, 0.1) is 17.0 Å². The smallest absolute Gasteiger partial charge is 0.251 e. The van der Waals surface area contributed by atoms with Crippen LogP contribution in [0.25, 0.3) is 0 Å². The van der Waals surface area contributed by atoms with Gasteiger partial charge in [0.25, 0.3) is 5.91 Å². The second-order valence-electron chi connectivity index (χ2n) is 6.67. The first-order valence-corrected chi connectivity index (χ1v) is 9.26. The number of carbonyl (C=O) groups is 2. The molecule has 0 aromatic heterocycles. The van der Waals surface area contributed by atoms with Gasteiger partial charge in [0, 0.05) is 19.6 Å². The standard InChI is InChI=1S/C14H24N2O5S/c1-14(2)10-16(7-8-22(14,20)21)12(18)9-15-6-4-3-5-11(17)13(15)19/h11,17H,3-10H2,1-2H3. The average molecular weight is 332 g/mol. The van der Waals surface area contributed by atoms with Gasteiger partial charge in [-0.1, -0.05) is 0 Å². The van der Waals surface area contributed by atoms with Gasteiger partial charge in [-0.05, 0) is 33.1 Å². The maximum Gasteiger partial charge on any atom is 0.251 e. The Kier molecular flexibility index (Phi) is 4.81. The van der Waals surface area contributed by atoms with Crippen LogP contribution in [0.15, 0.2) is 0 Å². The summed E-state index contributed by atoms with van der Waals surface area (Å²) < 4.78 is 23.0. The molecular weight excluding hydrogens is 308 g/mol. The Morgan fingerprint density at radius 2 is 2.00 bits per heavy atom. The number of aliphatic hydroxyl groups excluding tert-OH is 1. The van der Waals surface area contributed by atoms with Gasteiger partial charge in [-0.15, -0.1) is 0 Å². The van der Waals surface area contributed by atoms with Gasteiger partial charge in [-0.2, -0.15) is 0 Å². The Bertz CT molecular complexity index is 558. The lowest BCUT2D eigenvalue weighted by atomic mass is 10.2. The molecule has 2 saturated heterocycles. The highest BCUT2D eigenvalue weighted by Gasteiger charge is 2.42. The van der Waals surface area contributed by atoms with Crippen LogP contribution in [0.5, 0.6) is 0 Å². The Morgan fingerprint density at radius 1 is 1.32 bits per heavy atom. The fourth-order valence-corrected chi connectivity index (χ4v) is 4.23. The molecule has 0 spiro atoms. The number of aliphatic hydroxyl groups is 1. The summed E-state index contributed by atoms with van der Waals surface area (Å²) in [5.74, 6) is -0.720. The van der Waals surface area contributed by atoms with Crippen LogP contribution in [0.1, 0.15) is 33.1 Å². The lowest BCUT2D eigenvalue weighted by molar-refractivity contribution is -0.145. The summed E-state index contributed by atoms with van der Waals surface area (Å²) in [7, 11) is -3.20. The lowest BCUT2D eigenvalue weighted by Crippen LogP contribution is -2.56. The van der Waals surface area contributed by atoms with Crippen molar-refractivity contribution in [1.29, 1.82) is 0 Å². The largest absolute Gasteiger partial charge is 0.383 e. The molecule has 0 saturated carbocycles. The highest BCUT2D eigenvalue weighted by atomic mass is 32.2. The van der Waals surface area contributed by atoms with Crippen LogP contribution < -0.4 is 0 Å². The molecule has 1 atom stereocenters. The molecule has 8 heteroatoms. The highest BCUT2D eigenvalue weighted by Crippen LogP contribution is 2.24. The number of nitrogens with zero attached hydrogens (tertiary/aromatic N) is 2. The Balaban J connectivity index is 2.02. The molecule has 0 aromatic carbocycles. The number of hydrogen-bond donors (Lipinski definition) is 1. The number of likely N-dealkylation sites (tertiary alicyclic amines) is 1. The molecule has 0 aromatic rings. The topological polar surface area (TPSA) is 95.0 Å². The van der Waals surface area contributed by atoms with Crippen molar-refractivity contribution in [3.63, 3.8) is 0 Å². The first-order valence-electron chi connectivity index (χ1n) is 7.61. The van der Waals surface area contributed by atoms with E-state index in [1.54, 1.807) is 13.8 Å². The van der Waals surface area contributed by atoms with Crippen molar-refractivity contribution in [1.82, 2.24) is 9.80 Å². The van der Waals surface area contributed by atoms with Gasteiger partial charge in [-0.25, -0.2) is 8.42 Å². The molecule has 2 heterocycles. The van der Waals surface area contributed by atoms with E-state index < -0.39 is 26.6 Å². The molecule has 0 aliphatic carbocycles. The van der Waals surface area contributed by atoms with Crippen LogP contribution in [0.2, 0.25) is 0 Å². The molecule has 0 bridgehead atoms. The van der Waals surface area contributed by atoms with Crippen molar-refractivity contribution >= 4 is 21.7 Å². The summed E-state index contributed by atoms with van der Waals surface area (Å²) in [5.41, 5.74) is 0. The third-order valence-electron chi connectivity index (χ3n) is 4.47. The molecule has 0 radical (unpaired) electrons. The van der Waals surface area contributed by atoms with Gasteiger partial charge >= 0.3 is 0 Å². The van der Waals surface area contributed by atoms with E-state index in [4.69, 9.17) is 0 Å². The van der Waals surface area contributed by atoms with E-state index in [9.17, 15) is 23.1 Å². The van der Waals surface area contributed by atoms with E-state index in [-0.39, 0.29) is 31.3 Å². The Hall–Kier alpha value is -1.15. The Labute approximate surface area is 131 Å². The lowest BCUT2D eigenvalue weighted by Gasteiger charge is -2.38. The first kappa shape index (κ1) is 17.2. The van der Waals surface area contributed by atoms with Gasteiger partial charge in [0.15, 0.2) is 9.84 Å². The maximum absolute atomic E-state index is 12.4. The normalized spacial score (nSPS) is 28.3. The predicted octanol–water partition coefficient (Wildman–Crippen LogP) is -0.605. The van der Waals surface area contributed by atoms with Gasteiger partial charge in [0.2, 0.25) is 5.91 Å². The third-order valence-corrected chi connectivity index (χ3v) is 7.01. The van der Waals surface area contributed by atoms with Crippen molar-refractivity contribution < 1.29 is 23.1 Å². The molecule has 1 unspecified atom stereocenters. The zero-order chi connectivity index (χ0) is 16.5. The number of carbonyl (C=O) groups excluding carboxylic acids is 2. The van der Waals surface area contributed by atoms with E-state index >= 15 is 0 Å².